The van der Waals surface area contributed by atoms with Crippen molar-refractivity contribution in [2.75, 3.05) is 13.1 Å². The molecule has 1 aromatic heterocycles. The Bertz CT molecular complexity index is 871. The normalized spacial score (nSPS) is 19.8. The molecule has 1 saturated heterocycles. The average molecular weight is 381 g/mol. The first-order valence-corrected chi connectivity index (χ1v) is 8.30. The molecule has 8 heteroatoms. The van der Waals surface area contributed by atoms with Gasteiger partial charge in [0.2, 0.25) is 5.43 Å². The van der Waals surface area contributed by atoms with E-state index in [4.69, 9.17) is 0 Å². The number of hydrogen-bond acceptors (Lipinski definition) is 4. The minimum Gasteiger partial charge on any atom is -0.332 e. The monoisotopic (exact) mass is 380 g/mol. The maximum Gasteiger partial charge on any atom is 0.278 e. The van der Waals surface area contributed by atoms with E-state index in [0.717, 1.165) is 0 Å². The van der Waals surface area contributed by atoms with Crippen molar-refractivity contribution in [1.82, 2.24) is 20.0 Å². The lowest BCUT2D eigenvalue weighted by Crippen LogP contribution is -2.57. The summed E-state index contributed by atoms with van der Waals surface area (Å²) in [4.78, 5) is 26.9. The van der Waals surface area contributed by atoms with E-state index in [2.05, 4.69) is 10.4 Å². The largest absolute Gasteiger partial charge is 0.332 e. The molecule has 1 N–H and O–H groups in total. The van der Waals surface area contributed by atoms with E-state index in [-0.39, 0.29) is 35.9 Å². The number of benzene rings is 1. The van der Waals surface area contributed by atoms with Gasteiger partial charge in [-0.25, -0.2) is 9.07 Å². The lowest BCUT2D eigenvalue weighted by molar-refractivity contribution is 0.0593. The van der Waals surface area contributed by atoms with E-state index >= 15 is 0 Å². The number of carbonyl (C=O) groups is 1. The van der Waals surface area contributed by atoms with Crippen LogP contribution >= 0.6 is 12.4 Å². The van der Waals surface area contributed by atoms with Crippen LogP contribution in [0.1, 0.15) is 30.0 Å². The number of hydrogen-bond donors (Lipinski definition) is 1. The van der Waals surface area contributed by atoms with Gasteiger partial charge in [0.1, 0.15) is 11.5 Å². The number of aryl methyl sites for hydroxylation is 1. The second kappa shape index (κ2) is 7.97. The Kier molecular flexibility index (Phi) is 6.15. The van der Waals surface area contributed by atoms with E-state index < -0.39 is 17.2 Å². The van der Waals surface area contributed by atoms with Crippen LogP contribution in [0.5, 0.6) is 0 Å². The molecule has 1 aliphatic heterocycles. The molecule has 1 fully saturated rings. The van der Waals surface area contributed by atoms with Crippen molar-refractivity contribution in [3.63, 3.8) is 0 Å². The first kappa shape index (κ1) is 20.1. The number of carbonyl (C=O) groups excluding carboxylic acids is 1. The Morgan fingerprint density at radius 1 is 1.31 bits per heavy atom. The van der Waals surface area contributed by atoms with E-state index in [0.29, 0.717) is 18.8 Å². The maximum atomic E-state index is 14.1. The third-order valence-electron chi connectivity index (χ3n) is 4.69. The van der Waals surface area contributed by atoms with Gasteiger partial charge >= 0.3 is 0 Å². The summed E-state index contributed by atoms with van der Waals surface area (Å²) >= 11 is 0. The van der Waals surface area contributed by atoms with Crippen molar-refractivity contribution in [2.24, 2.45) is 0 Å². The van der Waals surface area contributed by atoms with Gasteiger partial charge in [-0.1, -0.05) is 12.1 Å². The zero-order chi connectivity index (χ0) is 18.1. The summed E-state index contributed by atoms with van der Waals surface area (Å²) in [6.07, 6.45) is 0. The number of amides is 1. The third kappa shape index (κ3) is 3.64. The molecule has 0 spiro atoms. The fourth-order valence-corrected chi connectivity index (χ4v) is 3.04. The molecule has 1 aliphatic rings. The number of aromatic nitrogens is 2. The minimum absolute atomic E-state index is 0. The number of nitrogens with one attached hydrogen (secondary N) is 1. The first-order valence-electron chi connectivity index (χ1n) is 8.30. The van der Waals surface area contributed by atoms with E-state index in [1.807, 2.05) is 13.8 Å². The summed E-state index contributed by atoms with van der Waals surface area (Å²) in [6.45, 7) is 6.73. The number of halogens is 2. The van der Waals surface area contributed by atoms with Crippen LogP contribution in [0.4, 0.5) is 4.39 Å². The van der Waals surface area contributed by atoms with Gasteiger partial charge in [0.25, 0.3) is 5.91 Å². The Hall–Kier alpha value is -2.25. The highest BCUT2D eigenvalue weighted by Gasteiger charge is 2.31. The van der Waals surface area contributed by atoms with Crippen molar-refractivity contribution in [1.29, 1.82) is 0 Å². The predicted octanol–water partition coefficient (Wildman–Crippen LogP) is 1.92. The van der Waals surface area contributed by atoms with Gasteiger partial charge in [0.15, 0.2) is 5.69 Å². The van der Waals surface area contributed by atoms with Gasteiger partial charge in [0.05, 0.1) is 0 Å². The highest BCUT2D eigenvalue weighted by Crippen LogP contribution is 2.15. The molecule has 0 aliphatic carbocycles. The van der Waals surface area contributed by atoms with Crippen molar-refractivity contribution in [3.8, 4) is 5.69 Å². The Morgan fingerprint density at radius 3 is 2.69 bits per heavy atom. The molecule has 2 unspecified atom stereocenters. The van der Waals surface area contributed by atoms with E-state index in [1.54, 1.807) is 30.0 Å². The van der Waals surface area contributed by atoms with Crippen molar-refractivity contribution < 1.29 is 9.18 Å². The zero-order valence-corrected chi connectivity index (χ0v) is 15.7. The number of nitrogens with zero attached hydrogens (tertiary/aromatic N) is 3. The molecule has 6 nitrogen and oxygen atoms in total. The quantitative estimate of drug-likeness (QED) is 0.864. The maximum absolute atomic E-state index is 14.1. The highest BCUT2D eigenvalue weighted by atomic mass is 35.5. The molecule has 0 saturated carbocycles. The van der Waals surface area contributed by atoms with Crippen LogP contribution in [0.2, 0.25) is 0 Å². The van der Waals surface area contributed by atoms with Gasteiger partial charge < -0.3 is 10.2 Å². The van der Waals surface area contributed by atoms with Gasteiger partial charge in [-0.2, -0.15) is 5.10 Å². The smallest absolute Gasteiger partial charge is 0.278 e. The minimum atomic E-state index is -0.468. The van der Waals surface area contributed by atoms with Crippen LogP contribution in [0.3, 0.4) is 0 Å². The Balaban J connectivity index is 0.00000243. The van der Waals surface area contributed by atoms with Crippen LogP contribution in [-0.2, 0) is 0 Å². The molecule has 0 bridgehead atoms. The average Bonchev–Trinajstić information content (AvgIpc) is 2.58. The van der Waals surface area contributed by atoms with Crippen LogP contribution in [0.25, 0.3) is 5.69 Å². The number of para-hydroxylation sites is 1. The van der Waals surface area contributed by atoms with Crippen LogP contribution in [0, 0.1) is 12.7 Å². The summed E-state index contributed by atoms with van der Waals surface area (Å²) in [5.41, 5.74) is 0.0347. The van der Waals surface area contributed by atoms with Crippen molar-refractivity contribution >= 4 is 18.3 Å². The third-order valence-corrected chi connectivity index (χ3v) is 4.69. The zero-order valence-electron chi connectivity index (χ0n) is 14.9. The SMILES string of the molecule is Cc1cc(=O)c(C(=O)N2CCNC(C)C2C)nn1-c1ccccc1F.Cl. The van der Waals surface area contributed by atoms with E-state index in [1.165, 1.54) is 16.8 Å². The molecule has 2 heterocycles. The van der Waals surface area contributed by atoms with Crippen molar-refractivity contribution in [2.45, 2.75) is 32.9 Å². The van der Waals surface area contributed by atoms with Gasteiger partial charge in [0, 0.05) is 36.9 Å². The summed E-state index contributed by atoms with van der Waals surface area (Å²) in [6, 6.07) is 7.51. The standard InChI is InChI=1S/C18H21FN4O2.ClH/c1-11-10-16(24)17(18(25)22-9-8-20-12(2)13(22)3)21-23(11)15-7-5-4-6-14(15)19;/h4-7,10,12-13,20H,8-9H2,1-3H3;1H. The van der Waals surface area contributed by atoms with Crippen LogP contribution in [0.15, 0.2) is 35.1 Å². The summed E-state index contributed by atoms with van der Waals surface area (Å²) in [7, 11) is 0. The second-order valence-corrected chi connectivity index (χ2v) is 6.34. The molecule has 2 atom stereocenters. The van der Waals surface area contributed by atoms with Gasteiger partial charge in [-0.05, 0) is 32.9 Å². The molecule has 1 amide bonds. The van der Waals surface area contributed by atoms with Crippen LogP contribution < -0.4 is 10.7 Å². The lowest BCUT2D eigenvalue weighted by atomic mass is 10.1. The Morgan fingerprint density at radius 2 is 2.00 bits per heavy atom. The fourth-order valence-electron chi connectivity index (χ4n) is 3.04. The Labute approximate surface area is 157 Å². The molecular weight excluding hydrogens is 359 g/mol. The summed E-state index contributed by atoms with van der Waals surface area (Å²) < 4.78 is 15.4. The molecule has 26 heavy (non-hydrogen) atoms. The second-order valence-electron chi connectivity index (χ2n) is 6.34. The number of rotatable bonds is 2. The van der Waals surface area contributed by atoms with E-state index in [9.17, 15) is 14.0 Å². The topological polar surface area (TPSA) is 67.2 Å². The predicted molar refractivity (Wildman–Crippen MR) is 99.7 cm³/mol. The fraction of sp³-hybridized carbons (Fsp3) is 0.389. The summed E-state index contributed by atoms with van der Waals surface area (Å²) in [5, 5.41) is 7.48. The molecule has 3 rings (SSSR count). The molecular formula is C18H22ClFN4O2. The lowest BCUT2D eigenvalue weighted by Gasteiger charge is -2.38. The first-order chi connectivity index (χ1) is 11.9. The number of piperazine rings is 1. The molecule has 1 aromatic carbocycles. The van der Waals surface area contributed by atoms with Gasteiger partial charge in [-0.3, -0.25) is 9.59 Å². The van der Waals surface area contributed by atoms with Crippen LogP contribution in [-0.4, -0.2) is 45.8 Å². The molecule has 0 radical (unpaired) electrons. The molecule has 140 valence electrons. The van der Waals surface area contributed by atoms with Crippen molar-refractivity contribution in [3.05, 3.63) is 57.8 Å². The molecule has 2 aromatic rings. The summed E-state index contributed by atoms with van der Waals surface area (Å²) in [5.74, 6) is -0.889. The van der Waals surface area contributed by atoms with Gasteiger partial charge in [-0.15, -0.1) is 12.4 Å². The highest BCUT2D eigenvalue weighted by molar-refractivity contribution is 5.92.